The van der Waals surface area contributed by atoms with Crippen LogP contribution in [0, 0.1) is 6.92 Å². The number of carboxylic acid groups (broad SMARTS) is 1. The predicted molar refractivity (Wildman–Crippen MR) is 61.5 cm³/mol. The number of hydrogen-bond donors (Lipinski definition) is 1. The molecule has 0 aliphatic heterocycles. The van der Waals surface area contributed by atoms with Crippen LogP contribution in [0.1, 0.15) is 15.9 Å². The minimum atomic E-state index is -0.871. The Labute approximate surface area is 91.8 Å². The summed E-state index contributed by atoms with van der Waals surface area (Å²) in [5.74, 6) is -0.871. The summed E-state index contributed by atoms with van der Waals surface area (Å²) in [7, 11) is 0. The lowest BCUT2D eigenvalue weighted by Gasteiger charge is -2.03. The Bertz CT molecular complexity index is 486. The summed E-state index contributed by atoms with van der Waals surface area (Å²) >= 11 is 1.61. The van der Waals surface area contributed by atoms with Crippen molar-refractivity contribution in [1.29, 1.82) is 0 Å². The van der Waals surface area contributed by atoms with E-state index in [1.807, 2.05) is 29.0 Å². The Morgan fingerprint density at radius 2 is 2.07 bits per heavy atom. The van der Waals surface area contributed by atoms with Crippen LogP contribution in [0.5, 0.6) is 0 Å². The van der Waals surface area contributed by atoms with Crippen LogP contribution < -0.4 is 0 Å². The molecule has 1 heterocycles. The van der Waals surface area contributed by atoms with Gasteiger partial charge in [0.05, 0.1) is 5.56 Å². The number of aryl methyl sites for hydroxylation is 1. The van der Waals surface area contributed by atoms with Crippen molar-refractivity contribution in [1.82, 2.24) is 0 Å². The van der Waals surface area contributed by atoms with E-state index in [2.05, 4.69) is 0 Å². The van der Waals surface area contributed by atoms with Crippen LogP contribution in [-0.2, 0) is 0 Å². The number of carboxylic acids is 1. The van der Waals surface area contributed by atoms with Gasteiger partial charge in [-0.25, -0.2) is 4.79 Å². The molecule has 2 rings (SSSR count). The number of carbonyl (C=O) groups is 1. The third-order valence-corrected chi connectivity index (χ3v) is 3.01. The number of thiophene rings is 1. The summed E-state index contributed by atoms with van der Waals surface area (Å²) in [5, 5.41) is 13.0. The van der Waals surface area contributed by atoms with Crippen LogP contribution in [0.4, 0.5) is 0 Å². The zero-order valence-electron chi connectivity index (χ0n) is 8.23. The van der Waals surface area contributed by atoms with Gasteiger partial charge in [0.1, 0.15) is 0 Å². The molecule has 1 N–H and O–H groups in total. The number of hydrogen-bond acceptors (Lipinski definition) is 2. The SMILES string of the molecule is Cc1ccc(-c2ccsc2)cc1C(=O)O. The van der Waals surface area contributed by atoms with E-state index in [1.165, 1.54) is 0 Å². The van der Waals surface area contributed by atoms with Crippen LogP contribution in [0.2, 0.25) is 0 Å². The summed E-state index contributed by atoms with van der Waals surface area (Å²) in [6, 6.07) is 7.50. The number of benzene rings is 1. The Hall–Kier alpha value is -1.61. The minimum Gasteiger partial charge on any atom is -0.478 e. The largest absolute Gasteiger partial charge is 0.478 e. The van der Waals surface area contributed by atoms with Gasteiger partial charge in [-0.05, 0) is 46.5 Å². The highest BCUT2D eigenvalue weighted by molar-refractivity contribution is 7.08. The van der Waals surface area contributed by atoms with Gasteiger partial charge in [0.2, 0.25) is 0 Å². The van der Waals surface area contributed by atoms with Crippen LogP contribution in [0.25, 0.3) is 11.1 Å². The Kier molecular flexibility index (Phi) is 2.56. The molecular weight excluding hydrogens is 208 g/mol. The monoisotopic (exact) mass is 218 g/mol. The lowest BCUT2D eigenvalue weighted by atomic mass is 10.0. The normalized spacial score (nSPS) is 10.2. The maximum absolute atomic E-state index is 10.9. The first-order chi connectivity index (χ1) is 7.18. The molecule has 2 nitrogen and oxygen atoms in total. The first kappa shape index (κ1) is 9.93. The molecule has 0 bridgehead atoms. The van der Waals surface area contributed by atoms with Crippen molar-refractivity contribution in [3.63, 3.8) is 0 Å². The van der Waals surface area contributed by atoms with Gasteiger partial charge >= 0.3 is 5.97 Å². The average molecular weight is 218 g/mol. The standard InChI is InChI=1S/C12H10O2S/c1-8-2-3-9(6-11(8)12(13)14)10-4-5-15-7-10/h2-7H,1H3,(H,13,14). The topological polar surface area (TPSA) is 37.3 Å². The van der Waals surface area contributed by atoms with Gasteiger partial charge in [-0.2, -0.15) is 11.3 Å². The molecule has 0 atom stereocenters. The van der Waals surface area contributed by atoms with Gasteiger partial charge in [-0.1, -0.05) is 12.1 Å². The summed E-state index contributed by atoms with van der Waals surface area (Å²) in [6.07, 6.45) is 0. The molecule has 0 aliphatic rings. The third kappa shape index (κ3) is 1.92. The average Bonchev–Trinajstić information content (AvgIpc) is 2.71. The Morgan fingerprint density at radius 1 is 1.27 bits per heavy atom. The van der Waals surface area contributed by atoms with Crippen molar-refractivity contribution in [2.75, 3.05) is 0 Å². The minimum absolute atomic E-state index is 0.374. The first-order valence-electron chi connectivity index (χ1n) is 4.55. The van der Waals surface area contributed by atoms with Gasteiger partial charge in [-0.15, -0.1) is 0 Å². The molecule has 0 unspecified atom stereocenters. The summed E-state index contributed by atoms with van der Waals surface area (Å²) in [5.41, 5.74) is 3.20. The number of rotatable bonds is 2. The van der Waals surface area contributed by atoms with Gasteiger partial charge in [0.25, 0.3) is 0 Å². The molecule has 1 aromatic heterocycles. The molecule has 0 aliphatic carbocycles. The molecule has 2 aromatic rings. The fraction of sp³-hybridized carbons (Fsp3) is 0.0833. The highest BCUT2D eigenvalue weighted by atomic mass is 32.1. The third-order valence-electron chi connectivity index (χ3n) is 2.32. The van der Waals surface area contributed by atoms with Crippen LogP contribution in [-0.4, -0.2) is 11.1 Å². The van der Waals surface area contributed by atoms with Gasteiger partial charge in [-0.3, -0.25) is 0 Å². The molecule has 15 heavy (non-hydrogen) atoms. The molecule has 0 amide bonds. The maximum Gasteiger partial charge on any atom is 0.335 e. The van der Waals surface area contributed by atoms with E-state index in [0.717, 1.165) is 16.7 Å². The van der Waals surface area contributed by atoms with Crippen molar-refractivity contribution in [2.45, 2.75) is 6.92 Å². The summed E-state index contributed by atoms with van der Waals surface area (Å²) < 4.78 is 0. The highest BCUT2D eigenvalue weighted by Crippen LogP contribution is 2.24. The van der Waals surface area contributed by atoms with Crippen molar-refractivity contribution in [3.8, 4) is 11.1 Å². The van der Waals surface area contributed by atoms with E-state index in [1.54, 1.807) is 24.3 Å². The molecule has 76 valence electrons. The molecule has 0 fully saturated rings. The Morgan fingerprint density at radius 3 is 2.67 bits per heavy atom. The van der Waals surface area contributed by atoms with Crippen LogP contribution in [0.3, 0.4) is 0 Å². The van der Waals surface area contributed by atoms with E-state index in [-0.39, 0.29) is 0 Å². The lowest BCUT2D eigenvalue weighted by molar-refractivity contribution is 0.0696. The highest BCUT2D eigenvalue weighted by Gasteiger charge is 2.08. The lowest BCUT2D eigenvalue weighted by Crippen LogP contribution is -1.99. The second-order valence-corrected chi connectivity index (χ2v) is 4.13. The molecule has 1 aromatic carbocycles. The van der Waals surface area contributed by atoms with Crippen molar-refractivity contribution in [3.05, 3.63) is 46.2 Å². The van der Waals surface area contributed by atoms with E-state index in [4.69, 9.17) is 5.11 Å². The maximum atomic E-state index is 10.9. The van der Waals surface area contributed by atoms with E-state index in [9.17, 15) is 4.79 Å². The van der Waals surface area contributed by atoms with Gasteiger partial charge in [0.15, 0.2) is 0 Å². The van der Waals surface area contributed by atoms with Crippen molar-refractivity contribution >= 4 is 17.3 Å². The van der Waals surface area contributed by atoms with Gasteiger partial charge < -0.3 is 5.11 Å². The summed E-state index contributed by atoms with van der Waals surface area (Å²) in [6.45, 7) is 1.81. The molecule has 0 spiro atoms. The second kappa shape index (κ2) is 3.87. The van der Waals surface area contributed by atoms with Crippen molar-refractivity contribution < 1.29 is 9.90 Å². The van der Waals surface area contributed by atoms with Gasteiger partial charge in [0, 0.05) is 0 Å². The van der Waals surface area contributed by atoms with Crippen LogP contribution in [0.15, 0.2) is 35.0 Å². The smallest absolute Gasteiger partial charge is 0.335 e. The van der Waals surface area contributed by atoms with E-state index < -0.39 is 5.97 Å². The molecule has 0 saturated heterocycles. The number of aromatic carboxylic acids is 1. The van der Waals surface area contributed by atoms with E-state index in [0.29, 0.717) is 5.56 Å². The quantitative estimate of drug-likeness (QED) is 0.838. The van der Waals surface area contributed by atoms with E-state index >= 15 is 0 Å². The second-order valence-electron chi connectivity index (χ2n) is 3.35. The molecule has 3 heteroatoms. The van der Waals surface area contributed by atoms with Crippen LogP contribution >= 0.6 is 11.3 Å². The fourth-order valence-electron chi connectivity index (χ4n) is 1.46. The zero-order valence-corrected chi connectivity index (χ0v) is 9.04. The van der Waals surface area contributed by atoms with Crippen molar-refractivity contribution in [2.24, 2.45) is 0 Å². The zero-order chi connectivity index (χ0) is 10.8. The first-order valence-corrected chi connectivity index (χ1v) is 5.49. The molecule has 0 radical (unpaired) electrons. The predicted octanol–water partition coefficient (Wildman–Crippen LogP) is 3.42. The molecular formula is C12H10O2S. The Balaban J connectivity index is 2.52. The molecule has 0 saturated carbocycles. The fourth-order valence-corrected chi connectivity index (χ4v) is 2.13. The summed E-state index contributed by atoms with van der Waals surface area (Å²) in [4.78, 5) is 10.9.